The highest BCUT2D eigenvalue weighted by Crippen LogP contribution is 2.39. The predicted molar refractivity (Wildman–Crippen MR) is 116 cm³/mol. The minimum Gasteiger partial charge on any atom is -0.479 e. The number of nitriles is 1. The number of furan rings is 1. The normalized spacial score (nSPS) is 13.0. The van der Waals surface area contributed by atoms with E-state index in [0.717, 1.165) is 47.6 Å². The molecule has 0 saturated heterocycles. The molecular formula is C23H21N3O3S. The lowest BCUT2D eigenvalue weighted by Crippen LogP contribution is -2.23. The molecule has 1 aliphatic carbocycles. The van der Waals surface area contributed by atoms with Gasteiger partial charge in [-0.05, 0) is 73.2 Å². The van der Waals surface area contributed by atoms with Crippen molar-refractivity contribution in [2.24, 2.45) is 4.99 Å². The number of nitrogens with one attached hydrogen (secondary N) is 1. The number of hydrogen-bond donors (Lipinski definition) is 1. The molecule has 0 bridgehead atoms. The first-order chi connectivity index (χ1) is 14.7. The molecule has 7 heteroatoms. The van der Waals surface area contributed by atoms with Gasteiger partial charge >= 0.3 is 0 Å². The number of ether oxygens (including phenoxy) is 1. The van der Waals surface area contributed by atoms with Crippen molar-refractivity contribution >= 4 is 28.5 Å². The van der Waals surface area contributed by atoms with Crippen molar-refractivity contribution in [3.05, 3.63) is 70.0 Å². The zero-order valence-electron chi connectivity index (χ0n) is 16.4. The van der Waals surface area contributed by atoms with Crippen molar-refractivity contribution in [2.45, 2.75) is 32.2 Å². The van der Waals surface area contributed by atoms with Gasteiger partial charge in [-0.3, -0.25) is 4.79 Å². The number of carbonyl (C=O) groups is 1. The summed E-state index contributed by atoms with van der Waals surface area (Å²) in [6.45, 7) is 0.369. The molecule has 3 aromatic rings. The number of nitrogens with zero attached hydrogens (tertiary/aromatic N) is 2. The summed E-state index contributed by atoms with van der Waals surface area (Å²) in [7, 11) is 0. The van der Waals surface area contributed by atoms with Crippen LogP contribution >= 0.6 is 11.3 Å². The third-order valence-electron chi connectivity index (χ3n) is 4.90. The van der Waals surface area contributed by atoms with E-state index < -0.39 is 0 Å². The Bertz CT molecular complexity index is 1080. The first-order valence-corrected chi connectivity index (χ1v) is 10.7. The summed E-state index contributed by atoms with van der Waals surface area (Å²) in [4.78, 5) is 18.9. The fourth-order valence-corrected chi connectivity index (χ4v) is 4.67. The summed E-state index contributed by atoms with van der Waals surface area (Å²) in [6, 6.07) is 12.9. The van der Waals surface area contributed by atoms with Gasteiger partial charge in [0.2, 0.25) is 0 Å². The number of fused-ring (bicyclic) bond motifs is 1. The molecular weight excluding hydrogens is 398 g/mol. The molecule has 0 saturated carbocycles. The van der Waals surface area contributed by atoms with E-state index in [0.29, 0.717) is 17.9 Å². The fourth-order valence-electron chi connectivity index (χ4n) is 3.44. The topological polar surface area (TPSA) is 87.6 Å². The molecule has 0 atom stereocenters. The standard InChI is InChI=1S/C23H21N3O3S/c24-11-13-29-17-9-7-16(8-10-17)14-26-23-21(19-5-1-2-6-20(19)30-23)22(27)25-15-18-4-3-12-28-18/h3-4,7-10,12,14H,1-2,5-6,13,15H2,(H,25,27). The molecule has 0 radical (unpaired) electrons. The number of carbonyl (C=O) groups excluding carboxylic acids is 1. The van der Waals surface area contributed by atoms with Crippen molar-refractivity contribution in [3.8, 4) is 11.8 Å². The largest absolute Gasteiger partial charge is 0.479 e. The van der Waals surface area contributed by atoms with Gasteiger partial charge in [-0.25, -0.2) is 4.99 Å². The molecule has 4 rings (SSSR count). The summed E-state index contributed by atoms with van der Waals surface area (Å²) >= 11 is 1.60. The van der Waals surface area contributed by atoms with Crippen molar-refractivity contribution in [1.82, 2.24) is 5.32 Å². The van der Waals surface area contributed by atoms with E-state index in [-0.39, 0.29) is 12.5 Å². The zero-order valence-corrected chi connectivity index (χ0v) is 17.2. The summed E-state index contributed by atoms with van der Waals surface area (Å²) in [6.07, 6.45) is 7.51. The van der Waals surface area contributed by atoms with Crippen LogP contribution in [0.4, 0.5) is 5.00 Å². The molecule has 6 nitrogen and oxygen atoms in total. The Kier molecular flexibility index (Phi) is 6.26. The number of rotatable bonds is 7. The van der Waals surface area contributed by atoms with Gasteiger partial charge in [0.15, 0.2) is 6.61 Å². The van der Waals surface area contributed by atoms with Crippen LogP contribution in [0, 0.1) is 11.3 Å². The number of aryl methyl sites for hydroxylation is 1. The maximum absolute atomic E-state index is 13.0. The quantitative estimate of drug-likeness (QED) is 0.557. The molecule has 2 aromatic heterocycles. The highest BCUT2D eigenvalue weighted by molar-refractivity contribution is 7.16. The molecule has 0 spiro atoms. The average Bonchev–Trinajstić information content (AvgIpc) is 3.43. The van der Waals surface area contributed by atoms with E-state index in [1.165, 1.54) is 4.88 Å². The Balaban J connectivity index is 1.54. The van der Waals surface area contributed by atoms with Crippen molar-refractivity contribution in [2.75, 3.05) is 6.61 Å². The summed E-state index contributed by atoms with van der Waals surface area (Å²) in [5.41, 5.74) is 2.72. The maximum atomic E-state index is 13.0. The second kappa shape index (κ2) is 9.42. The molecule has 0 aliphatic heterocycles. The van der Waals surface area contributed by atoms with E-state index >= 15 is 0 Å². The summed E-state index contributed by atoms with van der Waals surface area (Å²) in [5, 5.41) is 12.3. The number of thiophene rings is 1. The molecule has 152 valence electrons. The van der Waals surface area contributed by atoms with Crippen LogP contribution in [-0.4, -0.2) is 18.7 Å². The number of amides is 1. The third-order valence-corrected chi connectivity index (χ3v) is 6.10. The second-order valence-corrected chi connectivity index (χ2v) is 8.01. The van der Waals surface area contributed by atoms with Gasteiger partial charge in [0, 0.05) is 11.1 Å². The van der Waals surface area contributed by atoms with E-state index in [9.17, 15) is 4.79 Å². The third kappa shape index (κ3) is 4.61. The Morgan fingerprint density at radius 3 is 2.87 bits per heavy atom. The lowest BCUT2D eigenvalue weighted by Gasteiger charge is -2.12. The maximum Gasteiger partial charge on any atom is 0.255 e. The van der Waals surface area contributed by atoms with Gasteiger partial charge in [0.05, 0.1) is 18.4 Å². The molecule has 1 amide bonds. The Morgan fingerprint density at radius 2 is 2.10 bits per heavy atom. The van der Waals surface area contributed by atoms with Gasteiger partial charge in [-0.2, -0.15) is 5.26 Å². The fraction of sp³-hybridized carbons (Fsp3) is 0.261. The van der Waals surface area contributed by atoms with Crippen LogP contribution in [0.25, 0.3) is 0 Å². The predicted octanol–water partition coefficient (Wildman–Crippen LogP) is 4.80. The van der Waals surface area contributed by atoms with Crippen LogP contribution < -0.4 is 10.1 Å². The lowest BCUT2D eigenvalue weighted by atomic mass is 9.95. The number of benzene rings is 1. The average molecular weight is 420 g/mol. The Labute approximate surface area is 178 Å². The minimum atomic E-state index is -0.113. The van der Waals surface area contributed by atoms with Gasteiger partial charge in [0.25, 0.3) is 5.91 Å². The van der Waals surface area contributed by atoms with Crippen molar-refractivity contribution < 1.29 is 13.9 Å². The van der Waals surface area contributed by atoms with Gasteiger partial charge in [0.1, 0.15) is 22.6 Å². The smallest absolute Gasteiger partial charge is 0.255 e. The lowest BCUT2D eigenvalue weighted by molar-refractivity contribution is 0.0948. The van der Waals surface area contributed by atoms with Crippen LogP contribution in [0.1, 0.15) is 45.0 Å². The van der Waals surface area contributed by atoms with Crippen LogP contribution in [0.3, 0.4) is 0 Å². The highest BCUT2D eigenvalue weighted by atomic mass is 32.1. The van der Waals surface area contributed by atoms with E-state index in [2.05, 4.69) is 10.3 Å². The van der Waals surface area contributed by atoms with Gasteiger partial charge in [-0.15, -0.1) is 11.3 Å². The molecule has 30 heavy (non-hydrogen) atoms. The summed E-state index contributed by atoms with van der Waals surface area (Å²) in [5.74, 6) is 1.24. The van der Waals surface area contributed by atoms with Crippen molar-refractivity contribution in [3.63, 3.8) is 0 Å². The molecule has 1 aromatic carbocycles. The molecule has 1 aliphatic rings. The van der Waals surface area contributed by atoms with Crippen LogP contribution in [0.15, 0.2) is 52.1 Å². The minimum absolute atomic E-state index is 0.0185. The van der Waals surface area contributed by atoms with Crippen LogP contribution in [0.2, 0.25) is 0 Å². The molecule has 2 heterocycles. The molecule has 0 fully saturated rings. The zero-order chi connectivity index (χ0) is 20.8. The first kappa shape index (κ1) is 19.9. The number of hydrogen-bond acceptors (Lipinski definition) is 6. The van der Waals surface area contributed by atoms with Crippen LogP contribution in [-0.2, 0) is 19.4 Å². The van der Waals surface area contributed by atoms with E-state index in [1.807, 2.05) is 24.3 Å². The number of aliphatic imine (C=N–C) groups is 1. The molecule has 0 unspecified atom stereocenters. The Morgan fingerprint density at radius 1 is 1.27 bits per heavy atom. The van der Waals surface area contributed by atoms with Crippen LogP contribution in [0.5, 0.6) is 5.75 Å². The highest BCUT2D eigenvalue weighted by Gasteiger charge is 2.25. The summed E-state index contributed by atoms with van der Waals surface area (Å²) < 4.78 is 10.6. The molecule has 1 N–H and O–H groups in total. The van der Waals surface area contributed by atoms with Gasteiger partial charge < -0.3 is 14.5 Å². The van der Waals surface area contributed by atoms with E-state index in [1.54, 1.807) is 42.0 Å². The second-order valence-electron chi connectivity index (χ2n) is 6.93. The van der Waals surface area contributed by atoms with Gasteiger partial charge in [-0.1, -0.05) is 0 Å². The van der Waals surface area contributed by atoms with E-state index in [4.69, 9.17) is 14.4 Å². The monoisotopic (exact) mass is 419 g/mol. The SMILES string of the molecule is N#CCOc1ccc(C=Nc2sc3c(c2C(=O)NCc2ccco2)CCCC3)cc1. The Hall–Kier alpha value is -3.37. The first-order valence-electron chi connectivity index (χ1n) is 9.83. The van der Waals surface area contributed by atoms with Crippen molar-refractivity contribution in [1.29, 1.82) is 5.26 Å².